The standard InChI is InChI=1S/C20H22IN3OS/c1-15-7-8-17(13-18(15)21)19(25)22-20(26)24-11-9-23(10-12-24)14-16-5-3-2-4-6-16/h2-8,13H,9-12,14H2,1H3,(H,22,25,26). The van der Waals surface area contributed by atoms with Gasteiger partial charge in [0.1, 0.15) is 0 Å². The molecule has 1 N–H and O–H groups in total. The zero-order valence-electron chi connectivity index (χ0n) is 14.7. The summed E-state index contributed by atoms with van der Waals surface area (Å²) in [5, 5.41) is 3.39. The Morgan fingerprint density at radius 3 is 2.46 bits per heavy atom. The van der Waals surface area contributed by atoms with Crippen LogP contribution in [-0.2, 0) is 6.54 Å². The molecule has 0 aromatic heterocycles. The van der Waals surface area contributed by atoms with Crippen molar-refractivity contribution in [3.05, 3.63) is 68.8 Å². The zero-order valence-corrected chi connectivity index (χ0v) is 17.7. The normalized spacial score (nSPS) is 14.9. The molecule has 0 atom stereocenters. The van der Waals surface area contributed by atoms with E-state index in [4.69, 9.17) is 12.2 Å². The minimum atomic E-state index is -0.139. The van der Waals surface area contributed by atoms with E-state index in [1.807, 2.05) is 31.2 Å². The van der Waals surface area contributed by atoms with E-state index in [1.165, 1.54) is 11.1 Å². The molecule has 0 unspecified atom stereocenters. The third-order valence-corrected chi connectivity index (χ3v) is 6.09. The fourth-order valence-corrected chi connectivity index (χ4v) is 3.72. The molecule has 1 amide bonds. The number of piperazine rings is 1. The molecular formula is C20H22IN3OS. The van der Waals surface area contributed by atoms with Crippen LogP contribution in [-0.4, -0.2) is 47.0 Å². The second-order valence-electron chi connectivity index (χ2n) is 6.47. The quantitative estimate of drug-likeness (QED) is 0.541. The highest BCUT2D eigenvalue weighted by Crippen LogP contribution is 2.14. The van der Waals surface area contributed by atoms with Gasteiger partial charge in [-0.1, -0.05) is 36.4 Å². The van der Waals surface area contributed by atoms with Gasteiger partial charge in [0.2, 0.25) is 0 Å². The highest BCUT2D eigenvalue weighted by atomic mass is 127. The molecule has 0 radical (unpaired) electrons. The summed E-state index contributed by atoms with van der Waals surface area (Å²) in [6, 6.07) is 16.2. The molecule has 4 nitrogen and oxygen atoms in total. The first-order valence-corrected chi connectivity index (χ1v) is 10.1. The number of hydrogen-bond acceptors (Lipinski definition) is 3. The molecule has 6 heteroatoms. The van der Waals surface area contributed by atoms with Crippen LogP contribution in [0.5, 0.6) is 0 Å². The van der Waals surface area contributed by atoms with Crippen molar-refractivity contribution < 1.29 is 4.79 Å². The third kappa shape index (κ3) is 5.02. The molecule has 0 bridgehead atoms. The van der Waals surface area contributed by atoms with E-state index in [1.54, 1.807) is 0 Å². The maximum absolute atomic E-state index is 12.4. The summed E-state index contributed by atoms with van der Waals surface area (Å²) in [4.78, 5) is 16.9. The molecular weight excluding hydrogens is 457 g/mol. The average molecular weight is 479 g/mol. The van der Waals surface area contributed by atoms with Crippen molar-refractivity contribution in [1.82, 2.24) is 15.1 Å². The lowest BCUT2D eigenvalue weighted by Crippen LogP contribution is -2.52. The third-order valence-electron chi connectivity index (χ3n) is 4.56. The van der Waals surface area contributed by atoms with Crippen molar-refractivity contribution in [2.24, 2.45) is 0 Å². The summed E-state index contributed by atoms with van der Waals surface area (Å²) in [5.41, 5.74) is 3.13. The predicted molar refractivity (Wildman–Crippen MR) is 117 cm³/mol. The fourth-order valence-electron chi connectivity index (χ4n) is 2.93. The van der Waals surface area contributed by atoms with Crippen LogP contribution in [0.15, 0.2) is 48.5 Å². The average Bonchev–Trinajstić information content (AvgIpc) is 2.65. The van der Waals surface area contributed by atoms with Gasteiger partial charge in [-0.15, -0.1) is 0 Å². The Balaban J connectivity index is 1.50. The summed E-state index contributed by atoms with van der Waals surface area (Å²) >= 11 is 7.69. The second-order valence-corrected chi connectivity index (χ2v) is 8.02. The first kappa shape index (κ1) is 19.3. The Labute approximate surface area is 173 Å². The van der Waals surface area contributed by atoms with Crippen molar-refractivity contribution in [2.45, 2.75) is 13.5 Å². The summed E-state index contributed by atoms with van der Waals surface area (Å²) in [6.07, 6.45) is 0. The minimum absolute atomic E-state index is 0.139. The minimum Gasteiger partial charge on any atom is -0.346 e. The van der Waals surface area contributed by atoms with Gasteiger partial charge in [-0.05, 0) is 65.0 Å². The monoisotopic (exact) mass is 479 g/mol. The van der Waals surface area contributed by atoms with Crippen LogP contribution in [0, 0.1) is 10.5 Å². The smallest absolute Gasteiger partial charge is 0.257 e. The number of rotatable bonds is 3. The highest BCUT2D eigenvalue weighted by Gasteiger charge is 2.20. The Bertz CT molecular complexity index is 789. The van der Waals surface area contributed by atoms with Gasteiger partial charge in [0, 0.05) is 41.9 Å². The lowest BCUT2D eigenvalue weighted by atomic mass is 10.1. The van der Waals surface area contributed by atoms with Gasteiger partial charge in [0.15, 0.2) is 5.11 Å². The van der Waals surface area contributed by atoms with Gasteiger partial charge in [0.25, 0.3) is 5.91 Å². The summed E-state index contributed by atoms with van der Waals surface area (Å²) in [7, 11) is 0. The number of aryl methyl sites for hydroxylation is 1. The number of carbonyl (C=O) groups excluding carboxylic acids is 1. The molecule has 26 heavy (non-hydrogen) atoms. The van der Waals surface area contributed by atoms with Crippen LogP contribution in [0.3, 0.4) is 0 Å². The number of carbonyl (C=O) groups is 1. The number of hydrogen-bond donors (Lipinski definition) is 1. The van der Waals surface area contributed by atoms with Gasteiger partial charge < -0.3 is 4.90 Å². The molecule has 1 aliphatic heterocycles. The van der Waals surface area contributed by atoms with Gasteiger partial charge in [-0.3, -0.25) is 15.0 Å². The van der Waals surface area contributed by atoms with E-state index >= 15 is 0 Å². The Hall–Kier alpha value is -1.51. The number of benzene rings is 2. The number of thiocarbonyl (C=S) groups is 1. The van der Waals surface area contributed by atoms with Crippen molar-refractivity contribution >= 4 is 45.8 Å². The second kappa shape index (κ2) is 8.92. The lowest BCUT2D eigenvalue weighted by Gasteiger charge is -2.36. The molecule has 1 saturated heterocycles. The van der Waals surface area contributed by atoms with Gasteiger partial charge in [0.05, 0.1) is 0 Å². The topological polar surface area (TPSA) is 35.6 Å². The number of halogens is 1. The van der Waals surface area contributed by atoms with E-state index in [9.17, 15) is 4.79 Å². The molecule has 1 heterocycles. The van der Waals surface area contributed by atoms with Crippen molar-refractivity contribution in [1.29, 1.82) is 0 Å². The summed E-state index contributed by atoms with van der Waals surface area (Å²) < 4.78 is 1.08. The molecule has 0 aliphatic carbocycles. The Morgan fingerprint density at radius 2 is 1.81 bits per heavy atom. The molecule has 1 aliphatic rings. The Kier molecular flexibility index (Phi) is 6.61. The largest absolute Gasteiger partial charge is 0.346 e. The molecule has 0 spiro atoms. The number of nitrogens with zero attached hydrogens (tertiary/aromatic N) is 2. The number of nitrogens with one attached hydrogen (secondary N) is 1. The highest BCUT2D eigenvalue weighted by molar-refractivity contribution is 14.1. The van der Waals surface area contributed by atoms with Crippen LogP contribution in [0.4, 0.5) is 0 Å². The molecule has 3 rings (SSSR count). The van der Waals surface area contributed by atoms with Crippen LogP contribution in [0.2, 0.25) is 0 Å². The van der Waals surface area contributed by atoms with E-state index in [-0.39, 0.29) is 5.91 Å². The van der Waals surface area contributed by atoms with Gasteiger partial charge in [-0.25, -0.2) is 0 Å². The van der Waals surface area contributed by atoms with Crippen molar-refractivity contribution in [3.8, 4) is 0 Å². The van der Waals surface area contributed by atoms with Crippen molar-refractivity contribution in [2.75, 3.05) is 26.2 Å². The first-order valence-electron chi connectivity index (χ1n) is 8.65. The van der Waals surface area contributed by atoms with Crippen molar-refractivity contribution in [3.63, 3.8) is 0 Å². The van der Waals surface area contributed by atoms with E-state index in [0.717, 1.165) is 36.3 Å². The molecule has 0 saturated carbocycles. The molecule has 2 aromatic rings. The lowest BCUT2D eigenvalue weighted by molar-refractivity contribution is 0.0969. The van der Waals surface area contributed by atoms with E-state index in [2.05, 4.69) is 62.0 Å². The predicted octanol–water partition coefficient (Wildman–Crippen LogP) is 3.43. The molecule has 1 fully saturated rings. The summed E-state index contributed by atoms with van der Waals surface area (Å²) in [6.45, 7) is 6.52. The number of amides is 1. The van der Waals surface area contributed by atoms with Crippen LogP contribution in [0.1, 0.15) is 21.5 Å². The fraction of sp³-hybridized carbons (Fsp3) is 0.300. The van der Waals surface area contributed by atoms with Crippen LogP contribution in [0.25, 0.3) is 0 Å². The maximum Gasteiger partial charge on any atom is 0.257 e. The molecule has 136 valence electrons. The SMILES string of the molecule is Cc1ccc(C(=O)NC(=S)N2CCN(Cc3ccccc3)CC2)cc1I. The molecule has 2 aromatic carbocycles. The summed E-state index contributed by atoms with van der Waals surface area (Å²) in [5.74, 6) is -0.139. The van der Waals surface area contributed by atoms with E-state index in [0.29, 0.717) is 10.7 Å². The zero-order chi connectivity index (χ0) is 18.5. The van der Waals surface area contributed by atoms with Gasteiger partial charge >= 0.3 is 0 Å². The Morgan fingerprint density at radius 1 is 1.12 bits per heavy atom. The van der Waals surface area contributed by atoms with E-state index < -0.39 is 0 Å². The van der Waals surface area contributed by atoms with Crippen LogP contribution < -0.4 is 5.32 Å². The van der Waals surface area contributed by atoms with Gasteiger partial charge in [-0.2, -0.15) is 0 Å². The maximum atomic E-state index is 12.4. The first-order chi connectivity index (χ1) is 12.5. The van der Waals surface area contributed by atoms with Crippen LogP contribution >= 0.6 is 34.8 Å².